The van der Waals surface area contributed by atoms with Crippen LogP contribution in [0.25, 0.3) is 38.6 Å². The van der Waals surface area contributed by atoms with E-state index in [-0.39, 0.29) is 12.2 Å². The van der Waals surface area contributed by atoms with Crippen molar-refractivity contribution in [2.75, 3.05) is 0 Å². The Kier molecular flexibility index (Phi) is 5.21. The fourth-order valence-electron chi connectivity index (χ4n) is 4.65. The maximum Gasteiger partial charge on any atom is 0.331 e. The first-order valence-electron chi connectivity index (χ1n) is 11.5. The van der Waals surface area contributed by atoms with E-state index in [0.717, 1.165) is 44.3 Å². The average molecular weight is 485 g/mol. The monoisotopic (exact) mass is 484 g/mol. The molecule has 0 radical (unpaired) electrons. The molecule has 0 saturated heterocycles. The maximum absolute atomic E-state index is 13.9. The third-order valence-corrected chi connectivity index (χ3v) is 6.74. The van der Waals surface area contributed by atoms with E-state index in [9.17, 15) is 19.6 Å². The summed E-state index contributed by atoms with van der Waals surface area (Å²) in [6.07, 6.45) is 5.34. The molecule has 8 nitrogen and oxygen atoms in total. The van der Waals surface area contributed by atoms with Gasteiger partial charge in [0.2, 0.25) is 0 Å². The number of hydrogen-bond donors (Lipinski definition) is 2. The van der Waals surface area contributed by atoms with Gasteiger partial charge in [-0.05, 0) is 50.2 Å². The topological polar surface area (TPSA) is 113 Å². The van der Waals surface area contributed by atoms with Gasteiger partial charge in [0.25, 0.3) is 0 Å². The van der Waals surface area contributed by atoms with Crippen LogP contribution in [0.3, 0.4) is 0 Å². The van der Waals surface area contributed by atoms with Crippen LogP contribution in [0.1, 0.15) is 39.8 Å². The molecule has 9 heteroatoms. The number of carboxylic acids is 1. The van der Waals surface area contributed by atoms with E-state index in [1.54, 1.807) is 44.6 Å². The highest BCUT2D eigenvalue weighted by Gasteiger charge is 2.34. The minimum atomic E-state index is -1.26. The Labute approximate surface area is 206 Å². The summed E-state index contributed by atoms with van der Waals surface area (Å²) in [4.78, 5) is 11.9. The largest absolute Gasteiger partial charge is 0.479 e. The van der Waals surface area contributed by atoms with Crippen molar-refractivity contribution < 1.29 is 14.3 Å². The zero-order chi connectivity index (χ0) is 25.8. The van der Waals surface area contributed by atoms with Crippen LogP contribution in [-0.2, 0) is 15.7 Å². The van der Waals surface area contributed by atoms with Gasteiger partial charge in [-0.2, -0.15) is 15.5 Å². The molecule has 3 heterocycles. The molecule has 5 aromatic rings. The quantitative estimate of drug-likeness (QED) is 0.329. The lowest BCUT2D eigenvalue weighted by Gasteiger charge is -2.26. The average Bonchev–Trinajstić information content (AvgIpc) is 3.55. The molecule has 0 atom stereocenters. The van der Waals surface area contributed by atoms with Crippen LogP contribution < -0.4 is 0 Å². The van der Waals surface area contributed by atoms with Crippen LogP contribution in [0.2, 0.25) is 0 Å². The second-order valence-corrected chi connectivity index (χ2v) is 10.1. The summed E-state index contributed by atoms with van der Waals surface area (Å²) in [5.41, 5.74) is 2.96. The lowest BCUT2D eigenvalue weighted by molar-refractivity contribution is -0.146. The van der Waals surface area contributed by atoms with Gasteiger partial charge in [0.1, 0.15) is 5.82 Å². The SMILES string of the molecule is CC(C)(CC#N)c1c(-c2cnn(C(C)(C)C(=O)O)c2)c2cc3[nH]ncc3cc2n1-c1ccc(F)cc1. The number of aromatic nitrogens is 5. The Morgan fingerprint density at radius 1 is 1.17 bits per heavy atom. The second-order valence-electron chi connectivity index (χ2n) is 10.1. The number of nitrogens with zero attached hydrogens (tertiary/aromatic N) is 5. The van der Waals surface area contributed by atoms with Gasteiger partial charge < -0.3 is 9.67 Å². The molecular formula is C27H25FN6O2. The van der Waals surface area contributed by atoms with Crippen molar-refractivity contribution in [1.29, 1.82) is 5.26 Å². The van der Waals surface area contributed by atoms with Gasteiger partial charge >= 0.3 is 5.97 Å². The molecule has 0 spiro atoms. The van der Waals surface area contributed by atoms with E-state index >= 15 is 0 Å². The Balaban J connectivity index is 1.93. The number of carbonyl (C=O) groups is 1. The molecule has 0 saturated carbocycles. The van der Waals surface area contributed by atoms with E-state index in [2.05, 4.69) is 21.4 Å². The molecule has 0 unspecified atom stereocenters. The summed E-state index contributed by atoms with van der Waals surface area (Å²) >= 11 is 0. The van der Waals surface area contributed by atoms with Gasteiger partial charge in [0.15, 0.2) is 5.54 Å². The first-order chi connectivity index (χ1) is 17.0. The molecule has 0 fully saturated rings. The highest BCUT2D eigenvalue weighted by molar-refractivity contribution is 6.05. The number of nitriles is 1. The summed E-state index contributed by atoms with van der Waals surface area (Å²) < 4.78 is 17.3. The van der Waals surface area contributed by atoms with Crippen molar-refractivity contribution in [3.63, 3.8) is 0 Å². The summed E-state index contributed by atoms with van der Waals surface area (Å²) in [5.74, 6) is -1.35. The normalized spacial score (nSPS) is 12.3. The molecule has 5 rings (SSSR count). The summed E-state index contributed by atoms with van der Waals surface area (Å²) in [7, 11) is 0. The van der Waals surface area contributed by atoms with Gasteiger partial charge in [-0.15, -0.1) is 0 Å². The number of halogens is 1. The van der Waals surface area contributed by atoms with Gasteiger partial charge in [-0.3, -0.25) is 9.78 Å². The molecule has 0 bridgehead atoms. The van der Waals surface area contributed by atoms with Crippen LogP contribution in [-0.4, -0.2) is 35.6 Å². The third kappa shape index (κ3) is 3.53. The molecule has 2 aromatic carbocycles. The van der Waals surface area contributed by atoms with Crippen LogP contribution >= 0.6 is 0 Å². The highest BCUT2D eigenvalue weighted by Crippen LogP contribution is 2.45. The van der Waals surface area contributed by atoms with E-state index < -0.39 is 16.9 Å². The number of aromatic amines is 1. The van der Waals surface area contributed by atoms with Crippen molar-refractivity contribution in [2.45, 2.75) is 45.1 Å². The molecule has 3 aromatic heterocycles. The molecule has 0 amide bonds. The van der Waals surface area contributed by atoms with Crippen molar-refractivity contribution in [3.05, 3.63) is 66.5 Å². The molecule has 182 valence electrons. The number of rotatable bonds is 6. The van der Waals surface area contributed by atoms with E-state index in [1.807, 2.05) is 30.5 Å². The summed E-state index contributed by atoms with van der Waals surface area (Å²) in [6.45, 7) is 7.16. The predicted molar refractivity (Wildman–Crippen MR) is 134 cm³/mol. The van der Waals surface area contributed by atoms with Crippen LogP contribution in [0.15, 0.2) is 55.0 Å². The standard InChI is InChI=1S/C27H25FN6O2/c1-26(2,9-10-29)24-23(17-14-31-33(15-17)27(3,4)25(35)36)20-12-21-16(13-30-32-21)11-22(20)34(24)19-7-5-18(28)6-8-19/h5-8,11-15H,9H2,1-4H3,(H,30,32)(H,35,36). The molecule has 2 N–H and O–H groups in total. The van der Waals surface area contributed by atoms with Crippen molar-refractivity contribution in [3.8, 4) is 22.9 Å². The van der Waals surface area contributed by atoms with E-state index in [0.29, 0.717) is 0 Å². The number of H-pyrrole nitrogens is 1. The number of hydrogen-bond acceptors (Lipinski definition) is 4. The molecule has 0 aliphatic rings. The van der Waals surface area contributed by atoms with E-state index in [4.69, 9.17) is 0 Å². The lowest BCUT2D eigenvalue weighted by atomic mass is 9.82. The predicted octanol–water partition coefficient (Wildman–Crippen LogP) is 5.52. The zero-order valence-corrected chi connectivity index (χ0v) is 20.4. The van der Waals surface area contributed by atoms with Crippen molar-refractivity contribution in [1.82, 2.24) is 24.5 Å². The molecular weight excluding hydrogens is 459 g/mol. The molecule has 0 aliphatic heterocycles. The molecule has 36 heavy (non-hydrogen) atoms. The minimum absolute atomic E-state index is 0.228. The van der Waals surface area contributed by atoms with Gasteiger partial charge in [-0.25, -0.2) is 9.18 Å². The lowest BCUT2D eigenvalue weighted by Crippen LogP contribution is -2.35. The smallest absolute Gasteiger partial charge is 0.331 e. The van der Waals surface area contributed by atoms with Gasteiger partial charge in [0.05, 0.1) is 29.5 Å². The number of aliphatic carboxylic acids is 1. The fraction of sp³-hybridized carbons (Fsp3) is 0.259. The van der Waals surface area contributed by atoms with Gasteiger partial charge in [0, 0.05) is 51.3 Å². The summed E-state index contributed by atoms with van der Waals surface area (Å²) in [5, 5.41) is 32.8. The zero-order valence-electron chi connectivity index (χ0n) is 20.4. The Morgan fingerprint density at radius 3 is 2.56 bits per heavy atom. The maximum atomic E-state index is 13.9. The second kappa shape index (κ2) is 8.05. The van der Waals surface area contributed by atoms with Crippen molar-refractivity contribution in [2.24, 2.45) is 0 Å². The third-order valence-electron chi connectivity index (χ3n) is 6.74. The number of nitrogens with one attached hydrogen (secondary N) is 1. The molecule has 0 aliphatic carbocycles. The Bertz CT molecular complexity index is 1660. The van der Waals surface area contributed by atoms with Crippen LogP contribution in [0, 0.1) is 17.1 Å². The number of fused-ring (bicyclic) bond motifs is 2. The number of benzene rings is 2. The fourth-order valence-corrected chi connectivity index (χ4v) is 4.65. The highest BCUT2D eigenvalue weighted by atomic mass is 19.1. The van der Waals surface area contributed by atoms with Gasteiger partial charge in [-0.1, -0.05) is 13.8 Å². The first-order valence-corrected chi connectivity index (χ1v) is 11.5. The first kappa shape index (κ1) is 23.3. The number of carboxylic acid groups (broad SMARTS) is 1. The van der Waals surface area contributed by atoms with Crippen LogP contribution in [0.5, 0.6) is 0 Å². The Hall–Kier alpha value is -4.45. The van der Waals surface area contributed by atoms with E-state index in [1.165, 1.54) is 16.8 Å². The van der Waals surface area contributed by atoms with Crippen molar-refractivity contribution >= 4 is 27.8 Å². The Morgan fingerprint density at radius 2 is 1.89 bits per heavy atom. The summed E-state index contributed by atoms with van der Waals surface area (Å²) in [6, 6.07) is 12.5. The van der Waals surface area contributed by atoms with Crippen LogP contribution in [0.4, 0.5) is 4.39 Å². The minimum Gasteiger partial charge on any atom is -0.479 e.